The predicted molar refractivity (Wildman–Crippen MR) is 101 cm³/mol. The van der Waals surface area contributed by atoms with Crippen molar-refractivity contribution in [1.29, 1.82) is 0 Å². The fourth-order valence-electron chi connectivity index (χ4n) is 3.44. The van der Waals surface area contributed by atoms with Crippen LogP contribution in [0.4, 0.5) is 0 Å². The third kappa shape index (κ3) is 3.08. The molecule has 3 unspecified atom stereocenters. The summed E-state index contributed by atoms with van der Waals surface area (Å²) in [4.78, 5) is -0.0552. The van der Waals surface area contributed by atoms with E-state index in [9.17, 15) is 0 Å². The molecule has 0 saturated carbocycles. The van der Waals surface area contributed by atoms with Crippen LogP contribution in [0.25, 0.3) is 0 Å². The smallest absolute Gasteiger partial charge is 0.0333 e. The molecule has 2 heteroatoms. The average molecular weight is 316 g/mol. The first-order chi connectivity index (χ1) is 10.1. The third-order valence-corrected chi connectivity index (χ3v) is 6.42. The van der Waals surface area contributed by atoms with E-state index in [0.29, 0.717) is 0 Å². The Balaban J connectivity index is 2.59. The number of rotatable bonds is 6. The molecule has 0 fully saturated rings. The minimum absolute atomic E-state index is 0.0552. The van der Waals surface area contributed by atoms with Gasteiger partial charge < -0.3 is 0 Å². The lowest BCUT2D eigenvalue weighted by atomic mass is 9.69. The lowest BCUT2D eigenvalue weighted by molar-refractivity contribution is 0.341. The van der Waals surface area contributed by atoms with Crippen molar-refractivity contribution < 1.29 is 0 Å². The van der Waals surface area contributed by atoms with Crippen LogP contribution < -0.4 is 0 Å². The van der Waals surface area contributed by atoms with Crippen molar-refractivity contribution in [2.24, 2.45) is 0 Å². The van der Waals surface area contributed by atoms with Crippen molar-refractivity contribution in [2.75, 3.05) is 0 Å². The average Bonchev–Trinajstić information content (AvgIpc) is 2.54. The Labute approximate surface area is 134 Å². The van der Waals surface area contributed by atoms with E-state index in [1.807, 2.05) is 0 Å². The van der Waals surface area contributed by atoms with Crippen LogP contribution in [0.15, 0.2) is 60.7 Å². The molecule has 2 aromatic carbocycles. The van der Waals surface area contributed by atoms with E-state index in [-0.39, 0.29) is 10.3 Å². The minimum Gasteiger partial charge on any atom is -0.121 e. The van der Waals surface area contributed by atoms with Gasteiger partial charge in [-0.15, -0.1) is 18.5 Å². The molecule has 0 heterocycles. The quantitative estimate of drug-likeness (QED) is 0.596. The molecule has 3 atom stereocenters. The van der Waals surface area contributed by atoms with E-state index in [2.05, 4.69) is 93.0 Å². The second-order valence-corrected chi connectivity index (χ2v) is 8.27. The summed E-state index contributed by atoms with van der Waals surface area (Å²) < 4.78 is 0. The molecule has 0 aromatic heterocycles. The number of hydrogen-bond donors (Lipinski definition) is 0. The molecule has 21 heavy (non-hydrogen) atoms. The minimum atomic E-state index is -0.0552. The van der Waals surface area contributed by atoms with Crippen LogP contribution >= 0.6 is 18.5 Å². The first-order valence-corrected chi connectivity index (χ1v) is 8.92. The normalized spacial score (nSPS) is 14.7. The Kier molecular flexibility index (Phi) is 5.59. The van der Waals surface area contributed by atoms with Gasteiger partial charge in [0.15, 0.2) is 0 Å². The van der Waals surface area contributed by atoms with Crippen LogP contribution in [0.2, 0.25) is 0 Å². The third-order valence-electron chi connectivity index (χ3n) is 4.65. The van der Waals surface area contributed by atoms with Gasteiger partial charge in [0.2, 0.25) is 0 Å². The second-order valence-electron chi connectivity index (χ2n) is 5.79. The molecule has 0 amide bonds. The van der Waals surface area contributed by atoms with Gasteiger partial charge in [-0.1, -0.05) is 80.9 Å². The zero-order valence-electron chi connectivity index (χ0n) is 13.0. The van der Waals surface area contributed by atoms with Crippen LogP contribution in [-0.2, 0) is 10.3 Å². The summed E-state index contributed by atoms with van der Waals surface area (Å²) in [6.45, 7) is 4.60. The highest BCUT2D eigenvalue weighted by Crippen LogP contribution is 2.57. The van der Waals surface area contributed by atoms with Crippen LogP contribution in [0.3, 0.4) is 0 Å². The van der Waals surface area contributed by atoms with Gasteiger partial charge in [-0.3, -0.25) is 0 Å². The molecular formula is C19H26P2. The Morgan fingerprint density at radius 2 is 1.24 bits per heavy atom. The molecule has 0 aliphatic carbocycles. The predicted octanol–water partition coefficient (Wildman–Crippen LogP) is 5.74. The lowest BCUT2D eigenvalue weighted by Gasteiger charge is -2.47. The molecule has 0 spiro atoms. The molecule has 0 nitrogen and oxygen atoms in total. The summed E-state index contributed by atoms with van der Waals surface area (Å²) in [5, 5.41) is 0. The van der Waals surface area contributed by atoms with E-state index in [1.165, 1.54) is 24.0 Å². The summed E-state index contributed by atoms with van der Waals surface area (Å²) in [6, 6.07) is 21.8. The van der Waals surface area contributed by atoms with E-state index in [1.54, 1.807) is 0 Å². The Morgan fingerprint density at radius 1 is 0.762 bits per heavy atom. The Morgan fingerprint density at radius 3 is 1.67 bits per heavy atom. The van der Waals surface area contributed by atoms with E-state index < -0.39 is 0 Å². The van der Waals surface area contributed by atoms with Crippen molar-refractivity contribution in [3.8, 4) is 0 Å². The van der Waals surface area contributed by atoms with Crippen molar-refractivity contribution in [1.82, 2.24) is 0 Å². The SMILES string of the molecule is CCCC(CC)(c1ccccc1)C(P)(P)c1ccccc1. The van der Waals surface area contributed by atoms with Crippen LogP contribution in [-0.4, -0.2) is 0 Å². The molecule has 2 rings (SSSR count). The maximum absolute atomic E-state index is 3.13. The largest absolute Gasteiger partial charge is 0.121 e. The zero-order chi connectivity index (χ0) is 15.3. The lowest BCUT2D eigenvalue weighted by Crippen LogP contribution is -2.40. The van der Waals surface area contributed by atoms with Gasteiger partial charge >= 0.3 is 0 Å². The van der Waals surface area contributed by atoms with Gasteiger partial charge in [0.1, 0.15) is 0 Å². The van der Waals surface area contributed by atoms with Crippen molar-refractivity contribution in [2.45, 2.75) is 43.4 Å². The van der Waals surface area contributed by atoms with Gasteiger partial charge in [-0.2, -0.15) is 0 Å². The molecule has 0 aliphatic heterocycles. The van der Waals surface area contributed by atoms with Crippen molar-refractivity contribution in [3.63, 3.8) is 0 Å². The standard InChI is InChI=1S/C19H26P2/c1-3-15-18(4-2,16-11-7-5-8-12-16)19(20,21)17-13-9-6-10-14-17/h5-14H,3-4,15,20-21H2,1-2H3. The molecule has 0 radical (unpaired) electrons. The first kappa shape index (κ1) is 16.7. The van der Waals surface area contributed by atoms with E-state index in [0.717, 1.165) is 6.42 Å². The molecule has 0 aliphatic rings. The molecule has 0 N–H and O–H groups in total. The van der Waals surface area contributed by atoms with Gasteiger partial charge in [-0.25, -0.2) is 0 Å². The highest BCUT2D eigenvalue weighted by molar-refractivity contribution is 7.39. The molecule has 112 valence electrons. The molecule has 2 aromatic rings. The maximum atomic E-state index is 3.13. The summed E-state index contributed by atoms with van der Waals surface area (Å²) in [7, 11) is 6.26. The fraction of sp³-hybridized carbons (Fsp3) is 0.368. The van der Waals surface area contributed by atoms with Gasteiger partial charge in [0.05, 0.1) is 0 Å². The second kappa shape index (κ2) is 7.04. The maximum Gasteiger partial charge on any atom is 0.0333 e. The first-order valence-electron chi connectivity index (χ1n) is 7.77. The van der Waals surface area contributed by atoms with E-state index in [4.69, 9.17) is 0 Å². The monoisotopic (exact) mass is 316 g/mol. The van der Waals surface area contributed by atoms with Crippen molar-refractivity contribution in [3.05, 3.63) is 71.8 Å². The number of benzene rings is 2. The van der Waals surface area contributed by atoms with Gasteiger partial charge in [0.25, 0.3) is 0 Å². The zero-order valence-corrected chi connectivity index (χ0v) is 15.4. The van der Waals surface area contributed by atoms with Crippen LogP contribution in [0, 0.1) is 0 Å². The molecule has 0 bridgehead atoms. The molecule has 0 saturated heterocycles. The summed E-state index contributed by atoms with van der Waals surface area (Å²) in [5.41, 5.74) is 2.90. The fourth-order valence-corrected chi connectivity index (χ4v) is 4.85. The summed E-state index contributed by atoms with van der Waals surface area (Å²) in [5.74, 6) is 0. The topological polar surface area (TPSA) is 0 Å². The molecular weight excluding hydrogens is 290 g/mol. The summed E-state index contributed by atoms with van der Waals surface area (Å²) >= 11 is 0. The highest BCUT2D eigenvalue weighted by atomic mass is 31.1. The van der Waals surface area contributed by atoms with Crippen LogP contribution in [0.1, 0.15) is 44.2 Å². The Hall–Kier alpha value is -0.700. The Bertz CT molecular complexity index is 548. The summed E-state index contributed by atoms with van der Waals surface area (Å²) in [6.07, 6.45) is 3.47. The van der Waals surface area contributed by atoms with E-state index >= 15 is 0 Å². The highest BCUT2D eigenvalue weighted by Gasteiger charge is 2.45. The van der Waals surface area contributed by atoms with Crippen LogP contribution in [0.5, 0.6) is 0 Å². The number of hydrogen-bond acceptors (Lipinski definition) is 0. The van der Waals surface area contributed by atoms with Gasteiger partial charge in [0, 0.05) is 10.3 Å². The van der Waals surface area contributed by atoms with Crippen molar-refractivity contribution >= 4 is 18.5 Å². The van der Waals surface area contributed by atoms with Gasteiger partial charge in [-0.05, 0) is 24.0 Å².